The molecule has 1 aliphatic heterocycles. The van der Waals surface area contributed by atoms with Crippen molar-refractivity contribution in [3.8, 4) is 16.9 Å². The van der Waals surface area contributed by atoms with Crippen LogP contribution < -0.4 is 4.90 Å². The lowest BCUT2D eigenvalue weighted by Crippen LogP contribution is -2.36. The van der Waals surface area contributed by atoms with Crippen LogP contribution in [0.2, 0.25) is 0 Å². The molecule has 1 N–H and O–H groups in total. The summed E-state index contributed by atoms with van der Waals surface area (Å²) in [5, 5.41) is 8.19. The Hall–Kier alpha value is -3.19. The molecular weight excluding hydrogens is 328 g/mol. The first-order chi connectivity index (χ1) is 12.9. The van der Waals surface area contributed by atoms with Crippen LogP contribution in [0.25, 0.3) is 28.0 Å². The van der Waals surface area contributed by atoms with Gasteiger partial charge < -0.3 is 9.64 Å². The number of fused-ring (bicyclic) bond motifs is 1. The van der Waals surface area contributed by atoms with Gasteiger partial charge in [0.15, 0.2) is 0 Å². The van der Waals surface area contributed by atoms with Gasteiger partial charge in [-0.2, -0.15) is 5.10 Å². The van der Waals surface area contributed by atoms with Crippen LogP contribution in [0.3, 0.4) is 0 Å². The van der Waals surface area contributed by atoms with Gasteiger partial charge in [-0.05, 0) is 35.4 Å². The summed E-state index contributed by atoms with van der Waals surface area (Å²) in [6.07, 6.45) is 7.42. The zero-order chi connectivity index (χ0) is 17.3. The third-order valence-corrected chi connectivity index (χ3v) is 4.72. The number of pyridine rings is 2. The number of nitrogens with zero attached hydrogens (tertiary/aromatic N) is 5. The van der Waals surface area contributed by atoms with Crippen molar-refractivity contribution in [2.75, 3.05) is 31.2 Å². The molecule has 130 valence electrons. The number of anilines is 1. The smallest absolute Gasteiger partial charge is 0.148 e. The lowest BCUT2D eigenvalue weighted by atomic mass is 10.0. The molecule has 0 unspecified atom stereocenters. The van der Waals surface area contributed by atoms with E-state index < -0.39 is 0 Å². The number of H-pyrrole nitrogens is 1. The average Bonchev–Trinajstić information content (AvgIpc) is 3.38. The van der Waals surface area contributed by atoms with E-state index in [0.717, 1.165) is 60.1 Å². The molecule has 0 bridgehead atoms. The summed E-state index contributed by atoms with van der Waals surface area (Å²) < 4.78 is 7.53. The Balaban J connectivity index is 1.74. The molecule has 5 rings (SSSR count). The third kappa shape index (κ3) is 2.53. The number of ether oxygens (including phenoxy) is 1. The van der Waals surface area contributed by atoms with E-state index in [0.29, 0.717) is 0 Å². The molecule has 1 aliphatic rings. The van der Waals surface area contributed by atoms with Crippen molar-refractivity contribution in [3.05, 3.63) is 55.1 Å². The second-order valence-corrected chi connectivity index (χ2v) is 6.23. The maximum Gasteiger partial charge on any atom is 0.148 e. The Kier molecular flexibility index (Phi) is 3.64. The van der Waals surface area contributed by atoms with Crippen molar-refractivity contribution in [1.29, 1.82) is 0 Å². The van der Waals surface area contributed by atoms with Gasteiger partial charge in [-0.25, -0.2) is 4.98 Å². The average molecular weight is 346 g/mol. The standard InChI is InChI=1S/C19H18N6O/c1-5-20-6-2-14(1)16-13-18(24-9-11-26-12-10-24)22-19-15(16)4-8-25(19)17-3-7-21-23-17/h1-8,13H,9-12H2,(H,21,23). The van der Waals surface area contributed by atoms with E-state index in [4.69, 9.17) is 9.72 Å². The van der Waals surface area contributed by atoms with Crippen molar-refractivity contribution < 1.29 is 4.74 Å². The minimum atomic E-state index is 0.728. The Morgan fingerprint density at radius 3 is 2.62 bits per heavy atom. The number of aromatic nitrogens is 5. The molecule has 1 fully saturated rings. The van der Waals surface area contributed by atoms with Crippen LogP contribution in [0.5, 0.6) is 0 Å². The maximum absolute atomic E-state index is 5.50. The van der Waals surface area contributed by atoms with Crippen molar-refractivity contribution in [2.24, 2.45) is 0 Å². The maximum atomic E-state index is 5.50. The topological polar surface area (TPSA) is 71.9 Å². The Bertz CT molecular complexity index is 1020. The second kappa shape index (κ2) is 6.27. The molecule has 7 nitrogen and oxygen atoms in total. The molecule has 4 aromatic heterocycles. The van der Waals surface area contributed by atoms with Crippen LogP contribution in [0.1, 0.15) is 0 Å². The van der Waals surface area contributed by atoms with E-state index in [1.807, 2.05) is 41.4 Å². The van der Waals surface area contributed by atoms with Crippen molar-refractivity contribution in [2.45, 2.75) is 0 Å². The fourth-order valence-corrected chi connectivity index (χ4v) is 3.40. The van der Waals surface area contributed by atoms with E-state index in [9.17, 15) is 0 Å². The first-order valence-corrected chi connectivity index (χ1v) is 8.65. The summed E-state index contributed by atoms with van der Waals surface area (Å²) in [4.78, 5) is 11.4. The zero-order valence-corrected chi connectivity index (χ0v) is 14.2. The van der Waals surface area contributed by atoms with Gasteiger partial charge in [0, 0.05) is 43.1 Å². The van der Waals surface area contributed by atoms with Gasteiger partial charge in [-0.3, -0.25) is 14.6 Å². The zero-order valence-electron chi connectivity index (χ0n) is 14.2. The third-order valence-electron chi connectivity index (χ3n) is 4.72. The molecule has 5 heterocycles. The minimum Gasteiger partial charge on any atom is -0.378 e. The van der Waals surface area contributed by atoms with Crippen LogP contribution in [-0.2, 0) is 4.74 Å². The van der Waals surface area contributed by atoms with E-state index in [1.165, 1.54) is 0 Å². The highest BCUT2D eigenvalue weighted by Gasteiger charge is 2.18. The highest BCUT2D eigenvalue weighted by atomic mass is 16.5. The molecule has 0 aliphatic carbocycles. The number of aromatic amines is 1. The Labute approximate surface area is 150 Å². The van der Waals surface area contributed by atoms with Crippen LogP contribution in [-0.4, -0.2) is 51.0 Å². The van der Waals surface area contributed by atoms with Crippen LogP contribution in [0.4, 0.5) is 5.82 Å². The Morgan fingerprint density at radius 1 is 1.00 bits per heavy atom. The molecule has 0 saturated carbocycles. The molecule has 1 saturated heterocycles. The predicted octanol–water partition coefficient (Wildman–Crippen LogP) is 2.65. The quantitative estimate of drug-likeness (QED) is 0.617. The fourth-order valence-electron chi connectivity index (χ4n) is 3.40. The van der Waals surface area contributed by atoms with Crippen LogP contribution in [0.15, 0.2) is 55.1 Å². The lowest BCUT2D eigenvalue weighted by Gasteiger charge is -2.28. The highest BCUT2D eigenvalue weighted by Crippen LogP contribution is 2.33. The predicted molar refractivity (Wildman–Crippen MR) is 99.5 cm³/mol. The van der Waals surface area contributed by atoms with Gasteiger partial charge in [-0.15, -0.1) is 0 Å². The molecule has 0 atom stereocenters. The molecule has 7 heteroatoms. The number of nitrogens with one attached hydrogen (secondary N) is 1. The molecule has 4 aromatic rings. The molecule has 0 spiro atoms. The summed E-state index contributed by atoms with van der Waals surface area (Å²) in [5.41, 5.74) is 3.19. The van der Waals surface area contributed by atoms with Crippen molar-refractivity contribution in [1.82, 2.24) is 24.7 Å². The van der Waals surface area contributed by atoms with Gasteiger partial charge in [0.1, 0.15) is 17.3 Å². The molecular formula is C19H18N6O. The summed E-state index contributed by atoms with van der Waals surface area (Å²) in [6.45, 7) is 3.15. The highest BCUT2D eigenvalue weighted by molar-refractivity contribution is 5.95. The van der Waals surface area contributed by atoms with Crippen molar-refractivity contribution in [3.63, 3.8) is 0 Å². The SMILES string of the molecule is c1cc(-c2cc(N3CCOCC3)nc3c2ccn3-c2ccn[nH]2)ccn1. The number of hydrogen-bond donors (Lipinski definition) is 1. The van der Waals surface area contributed by atoms with E-state index in [-0.39, 0.29) is 0 Å². The molecule has 0 aromatic carbocycles. The summed E-state index contributed by atoms with van der Waals surface area (Å²) in [6, 6.07) is 10.3. The summed E-state index contributed by atoms with van der Waals surface area (Å²) in [7, 11) is 0. The number of hydrogen-bond acceptors (Lipinski definition) is 5. The first-order valence-electron chi connectivity index (χ1n) is 8.65. The Morgan fingerprint density at radius 2 is 1.85 bits per heavy atom. The first kappa shape index (κ1) is 15.1. The van der Waals surface area contributed by atoms with Crippen molar-refractivity contribution >= 4 is 16.9 Å². The molecule has 0 radical (unpaired) electrons. The normalized spacial score (nSPS) is 14.8. The van der Waals surface area contributed by atoms with E-state index in [2.05, 4.69) is 32.2 Å². The fraction of sp³-hybridized carbons (Fsp3) is 0.211. The van der Waals surface area contributed by atoms with Gasteiger partial charge in [0.25, 0.3) is 0 Å². The monoisotopic (exact) mass is 346 g/mol. The second-order valence-electron chi connectivity index (χ2n) is 6.23. The summed E-state index contributed by atoms with van der Waals surface area (Å²) in [5.74, 6) is 1.86. The molecule has 0 amide bonds. The number of morpholine rings is 1. The van der Waals surface area contributed by atoms with Gasteiger partial charge in [0.2, 0.25) is 0 Å². The van der Waals surface area contributed by atoms with Gasteiger partial charge in [0.05, 0.1) is 19.4 Å². The molecule has 26 heavy (non-hydrogen) atoms. The van der Waals surface area contributed by atoms with Gasteiger partial charge in [-0.1, -0.05) is 0 Å². The van der Waals surface area contributed by atoms with E-state index in [1.54, 1.807) is 6.20 Å². The van der Waals surface area contributed by atoms with Gasteiger partial charge >= 0.3 is 0 Å². The number of rotatable bonds is 3. The van der Waals surface area contributed by atoms with Crippen LogP contribution in [0, 0.1) is 0 Å². The van der Waals surface area contributed by atoms with Crippen LogP contribution >= 0.6 is 0 Å². The summed E-state index contributed by atoms with van der Waals surface area (Å²) >= 11 is 0. The van der Waals surface area contributed by atoms with E-state index >= 15 is 0 Å². The largest absolute Gasteiger partial charge is 0.378 e. The lowest BCUT2D eigenvalue weighted by molar-refractivity contribution is 0.122. The minimum absolute atomic E-state index is 0.728.